The van der Waals surface area contributed by atoms with E-state index in [1.807, 2.05) is 29.2 Å². The normalized spacial score (nSPS) is 17.2. The lowest BCUT2D eigenvalue weighted by molar-refractivity contribution is 0.0713. The van der Waals surface area contributed by atoms with Crippen LogP contribution in [-0.2, 0) is 6.42 Å². The second-order valence-electron chi connectivity index (χ2n) is 4.64. The van der Waals surface area contributed by atoms with Gasteiger partial charge in [0, 0.05) is 24.7 Å². The summed E-state index contributed by atoms with van der Waals surface area (Å²) in [5, 5.41) is 0. The number of nitrogens with two attached hydrogens (primary N) is 1. The molecule has 1 amide bonds. The Kier molecular flexibility index (Phi) is 3.79. The first-order chi connectivity index (χ1) is 8.22. The summed E-state index contributed by atoms with van der Waals surface area (Å²) in [4.78, 5) is 14.3. The van der Waals surface area contributed by atoms with Crippen molar-refractivity contribution in [3.05, 3.63) is 35.4 Å². The van der Waals surface area contributed by atoms with Crippen molar-refractivity contribution in [1.82, 2.24) is 4.90 Å². The van der Waals surface area contributed by atoms with Gasteiger partial charge < -0.3 is 10.6 Å². The second kappa shape index (κ2) is 5.32. The van der Waals surface area contributed by atoms with E-state index in [1.54, 1.807) is 0 Å². The highest BCUT2D eigenvalue weighted by Crippen LogP contribution is 2.16. The lowest BCUT2D eigenvalue weighted by Gasteiger charge is -2.30. The van der Waals surface area contributed by atoms with Crippen LogP contribution in [-0.4, -0.2) is 29.9 Å². The number of hydrogen-bond acceptors (Lipinski definition) is 2. The molecule has 2 N–H and O–H groups in total. The van der Waals surface area contributed by atoms with E-state index in [4.69, 9.17) is 5.73 Å². The van der Waals surface area contributed by atoms with Crippen molar-refractivity contribution in [2.24, 2.45) is 5.73 Å². The molecule has 1 aliphatic heterocycles. The van der Waals surface area contributed by atoms with Crippen LogP contribution in [0.4, 0.5) is 0 Å². The Hall–Kier alpha value is -1.35. The Morgan fingerprint density at radius 2 is 2.00 bits per heavy atom. The van der Waals surface area contributed by atoms with Crippen LogP contribution in [0.3, 0.4) is 0 Å². The number of aryl methyl sites for hydroxylation is 1. The molecule has 0 unspecified atom stereocenters. The number of amides is 1. The summed E-state index contributed by atoms with van der Waals surface area (Å²) < 4.78 is 0. The molecule has 0 saturated carbocycles. The number of carbonyl (C=O) groups excluding carboxylic acids is 1. The minimum absolute atomic E-state index is 0.161. The van der Waals surface area contributed by atoms with Gasteiger partial charge in [-0.3, -0.25) is 4.79 Å². The minimum atomic E-state index is 0.161. The molecule has 1 heterocycles. The van der Waals surface area contributed by atoms with Crippen LogP contribution in [0.2, 0.25) is 0 Å². The first-order valence-corrected chi connectivity index (χ1v) is 6.35. The molecular weight excluding hydrogens is 212 g/mol. The Labute approximate surface area is 103 Å². The van der Waals surface area contributed by atoms with Crippen molar-refractivity contribution < 1.29 is 4.79 Å². The molecule has 92 valence electrons. The fraction of sp³-hybridized carbons (Fsp3) is 0.500. The molecule has 1 fully saturated rings. The lowest BCUT2D eigenvalue weighted by atomic mass is 10.0. The van der Waals surface area contributed by atoms with Gasteiger partial charge in [0.2, 0.25) is 0 Å². The quantitative estimate of drug-likeness (QED) is 0.845. The van der Waals surface area contributed by atoms with Gasteiger partial charge in [-0.05, 0) is 30.9 Å². The Bertz CT molecular complexity index is 395. The summed E-state index contributed by atoms with van der Waals surface area (Å²) in [7, 11) is 0. The van der Waals surface area contributed by atoms with Crippen LogP contribution >= 0.6 is 0 Å². The zero-order valence-electron chi connectivity index (χ0n) is 10.4. The van der Waals surface area contributed by atoms with Gasteiger partial charge in [-0.15, -0.1) is 0 Å². The average Bonchev–Trinajstić information content (AvgIpc) is 2.39. The third-order valence-corrected chi connectivity index (χ3v) is 3.46. The summed E-state index contributed by atoms with van der Waals surface area (Å²) in [5.74, 6) is 0.161. The van der Waals surface area contributed by atoms with E-state index in [9.17, 15) is 4.79 Å². The number of piperidine rings is 1. The first-order valence-electron chi connectivity index (χ1n) is 6.35. The predicted molar refractivity (Wildman–Crippen MR) is 68.9 cm³/mol. The third-order valence-electron chi connectivity index (χ3n) is 3.46. The molecular formula is C14H20N2O. The maximum Gasteiger partial charge on any atom is 0.254 e. The molecule has 0 atom stereocenters. The fourth-order valence-electron chi connectivity index (χ4n) is 2.31. The lowest BCUT2D eigenvalue weighted by Crippen LogP contribution is -2.43. The molecule has 1 saturated heterocycles. The zero-order chi connectivity index (χ0) is 12.3. The van der Waals surface area contributed by atoms with Crippen molar-refractivity contribution in [1.29, 1.82) is 0 Å². The SMILES string of the molecule is CCc1ccccc1C(=O)N1CCC(N)CC1. The summed E-state index contributed by atoms with van der Waals surface area (Å²) in [5.41, 5.74) is 7.84. The van der Waals surface area contributed by atoms with Gasteiger partial charge >= 0.3 is 0 Å². The van der Waals surface area contributed by atoms with Gasteiger partial charge in [0.15, 0.2) is 0 Å². The van der Waals surface area contributed by atoms with E-state index in [1.165, 1.54) is 0 Å². The van der Waals surface area contributed by atoms with Crippen LogP contribution in [0.1, 0.15) is 35.7 Å². The Balaban J connectivity index is 2.14. The van der Waals surface area contributed by atoms with Gasteiger partial charge in [-0.2, -0.15) is 0 Å². The number of nitrogens with zero attached hydrogens (tertiary/aromatic N) is 1. The molecule has 2 rings (SSSR count). The molecule has 17 heavy (non-hydrogen) atoms. The highest BCUT2D eigenvalue weighted by Gasteiger charge is 2.22. The van der Waals surface area contributed by atoms with Crippen molar-refractivity contribution in [3.63, 3.8) is 0 Å². The zero-order valence-corrected chi connectivity index (χ0v) is 10.4. The second-order valence-corrected chi connectivity index (χ2v) is 4.64. The van der Waals surface area contributed by atoms with E-state index in [0.717, 1.165) is 43.5 Å². The highest BCUT2D eigenvalue weighted by atomic mass is 16.2. The molecule has 0 aromatic heterocycles. The van der Waals surface area contributed by atoms with Crippen LogP contribution < -0.4 is 5.73 Å². The van der Waals surface area contributed by atoms with Crippen molar-refractivity contribution in [3.8, 4) is 0 Å². The maximum atomic E-state index is 12.4. The van der Waals surface area contributed by atoms with Crippen molar-refractivity contribution in [2.75, 3.05) is 13.1 Å². The molecule has 1 aromatic rings. The standard InChI is InChI=1S/C14H20N2O/c1-2-11-5-3-4-6-13(11)14(17)16-9-7-12(15)8-10-16/h3-6,12H,2,7-10,15H2,1H3. The number of carbonyl (C=O) groups is 1. The summed E-state index contributed by atoms with van der Waals surface area (Å²) in [6, 6.07) is 8.14. The van der Waals surface area contributed by atoms with E-state index >= 15 is 0 Å². The average molecular weight is 232 g/mol. The Morgan fingerprint density at radius 3 is 2.65 bits per heavy atom. The summed E-state index contributed by atoms with van der Waals surface area (Å²) >= 11 is 0. The molecule has 3 nitrogen and oxygen atoms in total. The third kappa shape index (κ3) is 2.67. The monoisotopic (exact) mass is 232 g/mol. The van der Waals surface area contributed by atoms with Gasteiger partial charge in [0.25, 0.3) is 5.91 Å². The molecule has 0 aliphatic carbocycles. The van der Waals surface area contributed by atoms with Crippen LogP contribution in [0, 0.1) is 0 Å². The molecule has 1 aromatic carbocycles. The van der Waals surface area contributed by atoms with Gasteiger partial charge in [0.05, 0.1) is 0 Å². The fourth-order valence-corrected chi connectivity index (χ4v) is 2.31. The summed E-state index contributed by atoms with van der Waals surface area (Å²) in [6.07, 6.45) is 2.73. The number of likely N-dealkylation sites (tertiary alicyclic amines) is 1. The van der Waals surface area contributed by atoms with Crippen molar-refractivity contribution >= 4 is 5.91 Å². The summed E-state index contributed by atoms with van der Waals surface area (Å²) in [6.45, 7) is 3.66. The molecule has 3 heteroatoms. The topological polar surface area (TPSA) is 46.3 Å². The maximum absolute atomic E-state index is 12.4. The largest absolute Gasteiger partial charge is 0.339 e. The van der Waals surface area contributed by atoms with E-state index in [-0.39, 0.29) is 11.9 Å². The smallest absolute Gasteiger partial charge is 0.254 e. The van der Waals surface area contributed by atoms with Gasteiger partial charge in [-0.1, -0.05) is 25.1 Å². The first kappa shape index (κ1) is 12.1. The van der Waals surface area contributed by atoms with Crippen LogP contribution in [0.15, 0.2) is 24.3 Å². The highest BCUT2D eigenvalue weighted by molar-refractivity contribution is 5.95. The molecule has 0 radical (unpaired) electrons. The van der Waals surface area contributed by atoms with E-state index in [2.05, 4.69) is 6.92 Å². The van der Waals surface area contributed by atoms with Gasteiger partial charge in [0.1, 0.15) is 0 Å². The Morgan fingerprint density at radius 1 is 1.35 bits per heavy atom. The molecule has 0 spiro atoms. The molecule has 1 aliphatic rings. The molecule has 0 bridgehead atoms. The van der Waals surface area contributed by atoms with E-state index < -0.39 is 0 Å². The van der Waals surface area contributed by atoms with Crippen LogP contribution in [0.5, 0.6) is 0 Å². The minimum Gasteiger partial charge on any atom is -0.339 e. The number of rotatable bonds is 2. The van der Waals surface area contributed by atoms with Crippen molar-refractivity contribution in [2.45, 2.75) is 32.2 Å². The van der Waals surface area contributed by atoms with Gasteiger partial charge in [-0.25, -0.2) is 0 Å². The predicted octanol–water partition coefficient (Wildman–Crippen LogP) is 1.81. The number of hydrogen-bond donors (Lipinski definition) is 1. The van der Waals surface area contributed by atoms with E-state index in [0.29, 0.717) is 0 Å². The number of benzene rings is 1. The van der Waals surface area contributed by atoms with Crippen LogP contribution in [0.25, 0.3) is 0 Å².